The fourth-order valence-electron chi connectivity index (χ4n) is 3.41. The lowest BCUT2D eigenvalue weighted by atomic mass is 9.89. The summed E-state index contributed by atoms with van der Waals surface area (Å²) in [4.78, 5) is 24.6. The highest BCUT2D eigenvalue weighted by atomic mass is 16.5. The lowest BCUT2D eigenvalue weighted by Gasteiger charge is -2.24. The van der Waals surface area contributed by atoms with E-state index in [1.165, 1.54) is 0 Å². The van der Waals surface area contributed by atoms with Crippen molar-refractivity contribution in [3.05, 3.63) is 84.4 Å². The van der Waals surface area contributed by atoms with Crippen LogP contribution in [0.2, 0.25) is 0 Å². The Morgan fingerprint density at radius 1 is 0.931 bits per heavy atom. The van der Waals surface area contributed by atoms with E-state index < -0.39 is 0 Å². The molecule has 3 aromatic carbocycles. The molecule has 1 aliphatic heterocycles. The summed E-state index contributed by atoms with van der Waals surface area (Å²) in [5.74, 6) is 1.16. The van der Waals surface area contributed by atoms with E-state index in [-0.39, 0.29) is 17.7 Å². The van der Waals surface area contributed by atoms with Crippen molar-refractivity contribution in [1.82, 2.24) is 0 Å². The van der Waals surface area contributed by atoms with Crippen LogP contribution in [0.5, 0.6) is 11.5 Å². The minimum Gasteiger partial charge on any atom is -0.457 e. The van der Waals surface area contributed by atoms with E-state index in [1.807, 2.05) is 66.7 Å². The van der Waals surface area contributed by atoms with Crippen LogP contribution in [0.1, 0.15) is 18.4 Å². The molecule has 1 heterocycles. The molecule has 2 N–H and O–H groups in total. The van der Waals surface area contributed by atoms with Crippen LogP contribution in [0, 0.1) is 5.92 Å². The third kappa shape index (κ3) is 4.82. The first-order valence-corrected chi connectivity index (χ1v) is 9.69. The van der Waals surface area contributed by atoms with Crippen molar-refractivity contribution in [3.8, 4) is 11.5 Å². The molecule has 0 aliphatic carbocycles. The first-order valence-electron chi connectivity index (χ1n) is 9.69. The number of carbonyl (C=O) groups excluding carboxylic acids is 2. The van der Waals surface area contributed by atoms with Crippen LogP contribution in [0.15, 0.2) is 78.9 Å². The van der Waals surface area contributed by atoms with E-state index in [0.717, 1.165) is 17.0 Å². The molecule has 146 valence electrons. The van der Waals surface area contributed by atoms with Crippen molar-refractivity contribution >= 4 is 23.2 Å². The molecule has 0 spiro atoms. The molecule has 4 rings (SSSR count). The van der Waals surface area contributed by atoms with Crippen molar-refractivity contribution in [3.63, 3.8) is 0 Å². The second-order valence-electron chi connectivity index (χ2n) is 7.07. The Balaban J connectivity index is 1.28. The average molecular weight is 386 g/mol. The van der Waals surface area contributed by atoms with Crippen LogP contribution >= 0.6 is 0 Å². The number of ether oxygens (including phenoxy) is 1. The molecule has 1 atom stereocenters. The number of nitrogens with one attached hydrogen (secondary N) is 2. The Bertz CT molecular complexity index is 1000. The van der Waals surface area contributed by atoms with Gasteiger partial charge in [-0.1, -0.05) is 36.4 Å². The van der Waals surface area contributed by atoms with E-state index >= 15 is 0 Å². The molecular formula is C24H22N2O3. The third-order valence-corrected chi connectivity index (χ3v) is 4.95. The molecule has 3 aromatic rings. The minimum atomic E-state index is -0.183. The Hall–Kier alpha value is -3.60. The van der Waals surface area contributed by atoms with E-state index in [2.05, 4.69) is 10.6 Å². The van der Waals surface area contributed by atoms with E-state index in [0.29, 0.717) is 30.7 Å². The van der Waals surface area contributed by atoms with Gasteiger partial charge in [-0.05, 0) is 60.9 Å². The van der Waals surface area contributed by atoms with Gasteiger partial charge in [-0.3, -0.25) is 9.59 Å². The first-order chi connectivity index (χ1) is 14.2. The molecule has 0 radical (unpaired) electrons. The largest absolute Gasteiger partial charge is 0.457 e. The van der Waals surface area contributed by atoms with Gasteiger partial charge >= 0.3 is 0 Å². The molecule has 2 amide bonds. The Kier molecular flexibility index (Phi) is 5.56. The maximum absolute atomic E-state index is 12.3. The summed E-state index contributed by atoms with van der Waals surface area (Å²) < 4.78 is 5.75. The van der Waals surface area contributed by atoms with E-state index in [4.69, 9.17) is 4.74 Å². The van der Waals surface area contributed by atoms with Gasteiger partial charge in [-0.25, -0.2) is 0 Å². The van der Waals surface area contributed by atoms with Crippen molar-refractivity contribution < 1.29 is 14.3 Å². The van der Waals surface area contributed by atoms with Crippen molar-refractivity contribution in [1.29, 1.82) is 0 Å². The zero-order valence-electron chi connectivity index (χ0n) is 15.9. The number of carbonyl (C=O) groups is 2. The van der Waals surface area contributed by atoms with Crippen LogP contribution in [-0.4, -0.2) is 11.8 Å². The van der Waals surface area contributed by atoms with E-state index in [1.54, 1.807) is 12.1 Å². The monoisotopic (exact) mass is 386 g/mol. The lowest BCUT2D eigenvalue weighted by molar-refractivity contribution is -0.121. The first kappa shape index (κ1) is 18.7. The summed E-state index contributed by atoms with van der Waals surface area (Å²) in [6.45, 7) is 0. The summed E-state index contributed by atoms with van der Waals surface area (Å²) in [5, 5.41) is 5.81. The van der Waals surface area contributed by atoms with Gasteiger partial charge in [-0.2, -0.15) is 0 Å². The minimum absolute atomic E-state index is 0.0149. The Labute approximate surface area is 169 Å². The summed E-state index contributed by atoms with van der Waals surface area (Å²) >= 11 is 0. The van der Waals surface area contributed by atoms with Crippen molar-refractivity contribution in [2.24, 2.45) is 5.92 Å². The number of benzene rings is 3. The molecule has 0 unspecified atom stereocenters. The molecule has 0 bridgehead atoms. The molecule has 1 aliphatic rings. The second kappa shape index (κ2) is 8.61. The highest BCUT2D eigenvalue weighted by Crippen LogP contribution is 2.28. The molecule has 0 fully saturated rings. The summed E-state index contributed by atoms with van der Waals surface area (Å²) in [6, 6.07) is 24.6. The zero-order chi connectivity index (χ0) is 20.1. The number of rotatable bonds is 6. The highest BCUT2D eigenvalue weighted by molar-refractivity contribution is 5.96. The zero-order valence-corrected chi connectivity index (χ0v) is 15.9. The van der Waals surface area contributed by atoms with Gasteiger partial charge in [0.15, 0.2) is 0 Å². The quantitative estimate of drug-likeness (QED) is 0.626. The molecule has 29 heavy (non-hydrogen) atoms. The normalized spacial score (nSPS) is 15.2. The molecule has 5 nitrogen and oxygen atoms in total. The molecular weight excluding hydrogens is 364 g/mol. The Morgan fingerprint density at radius 3 is 2.41 bits per heavy atom. The third-order valence-electron chi connectivity index (χ3n) is 4.95. The highest BCUT2D eigenvalue weighted by Gasteiger charge is 2.26. The summed E-state index contributed by atoms with van der Waals surface area (Å²) in [5.41, 5.74) is 2.69. The maximum atomic E-state index is 12.3. The van der Waals surface area contributed by atoms with Crippen LogP contribution in [-0.2, 0) is 16.0 Å². The number of para-hydroxylation sites is 2. The van der Waals surface area contributed by atoms with Gasteiger partial charge in [-0.15, -0.1) is 0 Å². The van der Waals surface area contributed by atoms with Gasteiger partial charge in [0.2, 0.25) is 11.8 Å². The SMILES string of the molecule is O=C(CC[C@@H]1Cc2ccccc2NC1=O)Nc1ccc(Oc2ccccc2)cc1. The van der Waals surface area contributed by atoms with Crippen LogP contribution < -0.4 is 15.4 Å². The second-order valence-corrected chi connectivity index (χ2v) is 7.07. The average Bonchev–Trinajstić information content (AvgIpc) is 2.74. The number of anilines is 2. The lowest BCUT2D eigenvalue weighted by Crippen LogP contribution is -2.30. The molecule has 5 heteroatoms. The van der Waals surface area contributed by atoms with Crippen LogP contribution in [0.25, 0.3) is 0 Å². The van der Waals surface area contributed by atoms with Gasteiger partial charge in [0, 0.05) is 23.7 Å². The van der Waals surface area contributed by atoms with Gasteiger partial charge < -0.3 is 15.4 Å². The Morgan fingerprint density at radius 2 is 1.62 bits per heavy atom. The van der Waals surface area contributed by atoms with Crippen LogP contribution in [0.4, 0.5) is 11.4 Å². The van der Waals surface area contributed by atoms with Gasteiger partial charge in [0.05, 0.1) is 0 Å². The topological polar surface area (TPSA) is 67.4 Å². The van der Waals surface area contributed by atoms with Crippen molar-refractivity contribution in [2.75, 3.05) is 10.6 Å². The number of fused-ring (bicyclic) bond motifs is 1. The van der Waals surface area contributed by atoms with Gasteiger partial charge in [0.1, 0.15) is 11.5 Å². The fraction of sp³-hybridized carbons (Fsp3) is 0.167. The molecule has 0 saturated heterocycles. The number of hydrogen-bond acceptors (Lipinski definition) is 3. The molecule has 0 aromatic heterocycles. The summed E-state index contributed by atoms with van der Waals surface area (Å²) in [6.07, 6.45) is 1.48. The summed E-state index contributed by atoms with van der Waals surface area (Å²) in [7, 11) is 0. The molecule has 0 saturated carbocycles. The maximum Gasteiger partial charge on any atom is 0.227 e. The van der Waals surface area contributed by atoms with Gasteiger partial charge in [0.25, 0.3) is 0 Å². The van der Waals surface area contributed by atoms with E-state index in [9.17, 15) is 9.59 Å². The van der Waals surface area contributed by atoms with Crippen molar-refractivity contribution in [2.45, 2.75) is 19.3 Å². The predicted octanol–water partition coefficient (Wildman–Crippen LogP) is 5.01. The number of amides is 2. The standard InChI is InChI=1S/C24H22N2O3/c27-23(15-10-18-16-17-6-4-5-9-22(17)26-24(18)28)25-19-11-13-21(14-12-19)29-20-7-2-1-3-8-20/h1-9,11-14,18H,10,15-16H2,(H,25,27)(H,26,28)/t18-/m1/s1. The fourth-order valence-corrected chi connectivity index (χ4v) is 3.41. The smallest absolute Gasteiger partial charge is 0.227 e. The predicted molar refractivity (Wildman–Crippen MR) is 113 cm³/mol. The van der Waals surface area contributed by atoms with Crippen LogP contribution in [0.3, 0.4) is 0 Å². The number of hydrogen-bond donors (Lipinski definition) is 2.